The van der Waals surface area contributed by atoms with Crippen molar-refractivity contribution in [1.29, 1.82) is 0 Å². The van der Waals surface area contributed by atoms with E-state index in [1.54, 1.807) is 13.2 Å². The summed E-state index contributed by atoms with van der Waals surface area (Å²) in [5, 5.41) is 0. The van der Waals surface area contributed by atoms with E-state index in [1.165, 1.54) is 6.07 Å². The molecule has 0 fully saturated rings. The minimum atomic E-state index is -0.487. The molecule has 0 spiro atoms. The van der Waals surface area contributed by atoms with E-state index in [1.807, 2.05) is 24.3 Å². The molecule has 0 saturated carbocycles. The Morgan fingerprint density at radius 2 is 1.90 bits per heavy atom. The molecule has 0 atom stereocenters. The van der Waals surface area contributed by atoms with Gasteiger partial charge in [-0.1, -0.05) is 28.1 Å². The predicted octanol–water partition coefficient (Wildman–Crippen LogP) is 4.19. The number of aryl methyl sites for hydroxylation is 2. The van der Waals surface area contributed by atoms with E-state index in [2.05, 4.69) is 15.9 Å². The smallest absolute Gasteiger partial charge is 0.153 e. The SMILES string of the molecule is COc1ccc(CCc2cc(Br)cc(F)c2C=O)cc1. The zero-order valence-electron chi connectivity index (χ0n) is 11.0. The van der Waals surface area contributed by atoms with Gasteiger partial charge >= 0.3 is 0 Å². The zero-order valence-corrected chi connectivity index (χ0v) is 12.6. The summed E-state index contributed by atoms with van der Waals surface area (Å²) in [6, 6.07) is 10.8. The standard InChI is InChI=1S/C16H14BrFO2/c1-20-14-6-3-11(4-7-14)2-5-12-8-13(17)9-16(18)15(12)10-19/h3-4,6-10H,2,5H2,1H3. The van der Waals surface area contributed by atoms with E-state index in [4.69, 9.17) is 4.74 Å². The van der Waals surface area contributed by atoms with Crippen molar-refractivity contribution in [3.63, 3.8) is 0 Å². The molecule has 2 nitrogen and oxygen atoms in total. The van der Waals surface area contributed by atoms with Crippen LogP contribution in [-0.4, -0.2) is 13.4 Å². The number of hydrogen-bond acceptors (Lipinski definition) is 2. The van der Waals surface area contributed by atoms with Gasteiger partial charge in [0.1, 0.15) is 11.6 Å². The van der Waals surface area contributed by atoms with E-state index < -0.39 is 5.82 Å². The van der Waals surface area contributed by atoms with E-state index in [0.717, 1.165) is 17.7 Å². The summed E-state index contributed by atoms with van der Waals surface area (Å²) < 4.78 is 19.4. The molecule has 0 aliphatic heterocycles. The Kier molecular flexibility index (Phi) is 4.90. The fourth-order valence-electron chi connectivity index (χ4n) is 2.05. The summed E-state index contributed by atoms with van der Waals surface area (Å²) in [7, 11) is 1.62. The third kappa shape index (κ3) is 3.45. The Labute approximate surface area is 125 Å². The number of ether oxygens (including phenoxy) is 1. The number of benzene rings is 2. The van der Waals surface area contributed by atoms with Crippen LogP contribution in [0.4, 0.5) is 4.39 Å². The molecule has 0 N–H and O–H groups in total. The van der Waals surface area contributed by atoms with Crippen LogP contribution >= 0.6 is 15.9 Å². The first-order valence-corrected chi connectivity index (χ1v) is 6.99. The Balaban J connectivity index is 2.15. The van der Waals surface area contributed by atoms with Gasteiger partial charge in [0, 0.05) is 4.47 Å². The number of aldehydes is 1. The van der Waals surface area contributed by atoms with Gasteiger partial charge < -0.3 is 4.74 Å². The molecule has 2 aromatic rings. The van der Waals surface area contributed by atoms with Gasteiger partial charge in [0.05, 0.1) is 12.7 Å². The minimum Gasteiger partial charge on any atom is -0.497 e. The van der Waals surface area contributed by atoms with Crippen LogP contribution < -0.4 is 4.74 Å². The van der Waals surface area contributed by atoms with Crippen molar-refractivity contribution < 1.29 is 13.9 Å². The lowest BCUT2D eigenvalue weighted by Gasteiger charge is -2.08. The van der Waals surface area contributed by atoms with E-state index in [9.17, 15) is 9.18 Å². The number of halogens is 2. The maximum Gasteiger partial charge on any atom is 0.153 e. The predicted molar refractivity (Wildman–Crippen MR) is 79.9 cm³/mol. The van der Waals surface area contributed by atoms with Crippen LogP contribution in [0.25, 0.3) is 0 Å². The molecule has 0 unspecified atom stereocenters. The number of hydrogen-bond donors (Lipinski definition) is 0. The third-order valence-electron chi connectivity index (χ3n) is 3.14. The molecule has 0 heterocycles. The van der Waals surface area contributed by atoms with Crippen LogP contribution in [0.5, 0.6) is 5.75 Å². The molecule has 0 aliphatic rings. The lowest BCUT2D eigenvalue weighted by Crippen LogP contribution is -2.00. The minimum absolute atomic E-state index is 0.140. The average Bonchev–Trinajstić information content (AvgIpc) is 2.45. The summed E-state index contributed by atoms with van der Waals surface area (Å²) in [6.07, 6.45) is 1.92. The molecule has 0 aromatic heterocycles. The number of carbonyl (C=O) groups excluding carboxylic acids is 1. The molecular weight excluding hydrogens is 323 g/mol. The van der Waals surface area contributed by atoms with Gasteiger partial charge in [-0.2, -0.15) is 0 Å². The van der Waals surface area contributed by atoms with Crippen LogP contribution in [0.3, 0.4) is 0 Å². The average molecular weight is 337 g/mol. The van der Waals surface area contributed by atoms with Crippen LogP contribution in [-0.2, 0) is 12.8 Å². The molecule has 4 heteroatoms. The van der Waals surface area contributed by atoms with Gasteiger partial charge in [0.25, 0.3) is 0 Å². The maximum absolute atomic E-state index is 13.7. The normalized spacial score (nSPS) is 10.3. The number of carbonyl (C=O) groups is 1. The first-order chi connectivity index (χ1) is 9.63. The number of rotatable bonds is 5. The summed E-state index contributed by atoms with van der Waals surface area (Å²) >= 11 is 3.25. The molecule has 2 rings (SSSR count). The van der Waals surface area contributed by atoms with Gasteiger partial charge in [0.15, 0.2) is 6.29 Å². The summed E-state index contributed by atoms with van der Waals surface area (Å²) in [5.41, 5.74) is 1.97. The third-order valence-corrected chi connectivity index (χ3v) is 3.60. The van der Waals surface area contributed by atoms with Gasteiger partial charge in [-0.3, -0.25) is 4.79 Å². The second-order valence-electron chi connectivity index (χ2n) is 4.43. The van der Waals surface area contributed by atoms with Crippen molar-refractivity contribution in [2.45, 2.75) is 12.8 Å². The zero-order chi connectivity index (χ0) is 14.5. The van der Waals surface area contributed by atoms with Crippen LogP contribution in [0.1, 0.15) is 21.5 Å². The van der Waals surface area contributed by atoms with Crippen LogP contribution in [0.2, 0.25) is 0 Å². The van der Waals surface area contributed by atoms with Gasteiger partial charge in [-0.05, 0) is 48.2 Å². The highest BCUT2D eigenvalue weighted by Gasteiger charge is 2.09. The lowest BCUT2D eigenvalue weighted by molar-refractivity contribution is 0.111. The maximum atomic E-state index is 13.7. The largest absolute Gasteiger partial charge is 0.497 e. The van der Waals surface area contributed by atoms with Crippen molar-refractivity contribution >= 4 is 22.2 Å². The quantitative estimate of drug-likeness (QED) is 0.765. The van der Waals surface area contributed by atoms with E-state index in [0.29, 0.717) is 22.7 Å². The number of methoxy groups -OCH3 is 1. The molecule has 104 valence electrons. The molecule has 20 heavy (non-hydrogen) atoms. The first kappa shape index (κ1) is 14.7. The fraction of sp³-hybridized carbons (Fsp3) is 0.188. The Bertz CT molecular complexity index is 609. The van der Waals surface area contributed by atoms with Gasteiger partial charge in [0.2, 0.25) is 0 Å². The van der Waals surface area contributed by atoms with Crippen molar-refractivity contribution in [1.82, 2.24) is 0 Å². The second kappa shape index (κ2) is 6.66. The highest BCUT2D eigenvalue weighted by Crippen LogP contribution is 2.21. The Morgan fingerprint density at radius 3 is 2.50 bits per heavy atom. The van der Waals surface area contributed by atoms with Crippen LogP contribution in [0, 0.1) is 5.82 Å². The highest BCUT2D eigenvalue weighted by atomic mass is 79.9. The summed E-state index contributed by atoms with van der Waals surface area (Å²) in [6.45, 7) is 0. The molecule has 0 bridgehead atoms. The second-order valence-corrected chi connectivity index (χ2v) is 5.34. The van der Waals surface area contributed by atoms with Gasteiger partial charge in [-0.15, -0.1) is 0 Å². The topological polar surface area (TPSA) is 26.3 Å². The van der Waals surface area contributed by atoms with Gasteiger partial charge in [-0.25, -0.2) is 4.39 Å². The van der Waals surface area contributed by atoms with E-state index >= 15 is 0 Å². The Hall–Kier alpha value is -1.68. The first-order valence-electron chi connectivity index (χ1n) is 6.20. The molecule has 0 amide bonds. The van der Waals surface area contributed by atoms with E-state index in [-0.39, 0.29) is 5.56 Å². The molecular formula is C16H14BrFO2. The highest BCUT2D eigenvalue weighted by molar-refractivity contribution is 9.10. The van der Waals surface area contributed by atoms with Crippen molar-refractivity contribution in [2.75, 3.05) is 7.11 Å². The summed E-state index contributed by atoms with van der Waals surface area (Å²) in [4.78, 5) is 11.0. The molecule has 0 aliphatic carbocycles. The van der Waals surface area contributed by atoms with Crippen LogP contribution in [0.15, 0.2) is 40.9 Å². The molecule has 2 aromatic carbocycles. The van der Waals surface area contributed by atoms with Crippen molar-refractivity contribution in [3.05, 3.63) is 63.4 Å². The fourth-order valence-corrected chi connectivity index (χ4v) is 2.53. The Morgan fingerprint density at radius 1 is 1.20 bits per heavy atom. The molecule has 0 radical (unpaired) electrons. The van der Waals surface area contributed by atoms with Crippen molar-refractivity contribution in [3.8, 4) is 5.75 Å². The monoisotopic (exact) mass is 336 g/mol. The lowest BCUT2D eigenvalue weighted by atomic mass is 10.00. The van der Waals surface area contributed by atoms with Crippen molar-refractivity contribution in [2.24, 2.45) is 0 Å². The summed E-state index contributed by atoms with van der Waals surface area (Å²) in [5.74, 6) is 0.315. The molecule has 0 saturated heterocycles.